The van der Waals surface area contributed by atoms with Crippen LogP contribution in [-0.2, 0) is 6.18 Å². The van der Waals surface area contributed by atoms with Crippen LogP contribution in [0.15, 0.2) is 45.8 Å². The molecule has 120 valence electrons. The highest BCUT2D eigenvalue weighted by Crippen LogP contribution is 2.34. The van der Waals surface area contributed by atoms with Crippen LogP contribution in [0.2, 0.25) is 0 Å². The minimum Gasteiger partial charge on any atom is -0.381 e. The molecule has 0 radical (unpaired) electrons. The van der Waals surface area contributed by atoms with Crippen molar-refractivity contribution < 1.29 is 27.5 Å². The summed E-state index contributed by atoms with van der Waals surface area (Å²) in [5.74, 6) is 0.994. The highest BCUT2D eigenvalue weighted by Gasteiger charge is 2.36. The molecule has 1 aromatic carbocycles. The first kappa shape index (κ1) is 15.7. The molecule has 0 aliphatic carbocycles. The minimum absolute atomic E-state index is 0.0615. The van der Waals surface area contributed by atoms with Gasteiger partial charge in [-0.05, 0) is 24.0 Å². The lowest BCUT2D eigenvalue weighted by molar-refractivity contribution is -0.889. The van der Waals surface area contributed by atoms with Gasteiger partial charge in [-0.25, -0.2) is 4.98 Å². The van der Waals surface area contributed by atoms with Crippen LogP contribution >= 0.6 is 11.8 Å². The Kier molecular flexibility index (Phi) is 3.93. The van der Waals surface area contributed by atoms with E-state index in [9.17, 15) is 18.4 Å². The highest BCUT2D eigenvalue weighted by molar-refractivity contribution is 7.99. The number of fused-ring (bicyclic) bond motifs is 1. The van der Waals surface area contributed by atoms with Gasteiger partial charge in [-0.15, -0.1) is 11.8 Å². The van der Waals surface area contributed by atoms with E-state index in [1.165, 1.54) is 0 Å². The largest absolute Gasteiger partial charge is 0.449 e. The monoisotopic (exact) mass is 341 g/mol. The molecule has 0 bridgehead atoms. The second-order valence-corrected chi connectivity index (χ2v) is 6.02. The second-order valence-electron chi connectivity index (χ2n) is 4.71. The van der Waals surface area contributed by atoms with Crippen LogP contribution in [-0.4, -0.2) is 15.9 Å². The standard InChI is InChI=1S/C15H12F3N2O2S/c1-2-23-12-6-4-3-5-10(12)13-19-11-7-9(15(16,17)18)8-20(21)14(11)22-13/h3-8,21H,2H2,1H3/q+1. The Morgan fingerprint density at radius 1 is 1.30 bits per heavy atom. The Morgan fingerprint density at radius 2 is 2.04 bits per heavy atom. The van der Waals surface area contributed by atoms with Crippen LogP contribution in [0.4, 0.5) is 13.2 Å². The van der Waals surface area contributed by atoms with Crippen LogP contribution in [0.5, 0.6) is 0 Å². The lowest BCUT2D eigenvalue weighted by Gasteiger charge is -2.03. The Bertz CT molecular complexity index is 862. The van der Waals surface area contributed by atoms with Gasteiger partial charge in [-0.2, -0.15) is 13.2 Å². The quantitative estimate of drug-likeness (QED) is 0.442. The van der Waals surface area contributed by atoms with E-state index < -0.39 is 11.7 Å². The van der Waals surface area contributed by atoms with Gasteiger partial charge >= 0.3 is 11.9 Å². The molecule has 3 aromatic rings. The molecule has 0 fully saturated rings. The van der Waals surface area contributed by atoms with E-state index in [4.69, 9.17) is 4.42 Å². The molecule has 0 saturated carbocycles. The second kappa shape index (κ2) is 5.77. The van der Waals surface area contributed by atoms with Crippen molar-refractivity contribution in [2.45, 2.75) is 18.0 Å². The average molecular weight is 341 g/mol. The van der Waals surface area contributed by atoms with Crippen molar-refractivity contribution in [3.05, 3.63) is 42.1 Å². The average Bonchev–Trinajstić information content (AvgIpc) is 2.92. The molecule has 0 aliphatic rings. The first-order valence-electron chi connectivity index (χ1n) is 6.75. The summed E-state index contributed by atoms with van der Waals surface area (Å²) in [6.07, 6.45) is -4.02. The van der Waals surface area contributed by atoms with Gasteiger partial charge in [-0.3, -0.25) is 5.21 Å². The van der Waals surface area contributed by atoms with E-state index in [1.54, 1.807) is 23.9 Å². The Morgan fingerprint density at radius 3 is 2.74 bits per heavy atom. The summed E-state index contributed by atoms with van der Waals surface area (Å²) in [4.78, 5) is 5.00. The third-order valence-corrected chi connectivity index (χ3v) is 4.10. The number of thioether (sulfide) groups is 1. The van der Waals surface area contributed by atoms with Gasteiger partial charge in [0.25, 0.3) is 0 Å². The summed E-state index contributed by atoms with van der Waals surface area (Å²) in [7, 11) is 0. The minimum atomic E-state index is -4.58. The van der Waals surface area contributed by atoms with Crippen LogP contribution < -0.4 is 4.73 Å². The van der Waals surface area contributed by atoms with Crippen molar-refractivity contribution in [1.82, 2.24) is 4.98 Å². The fourth-order valence-corrected chi connectivity index (χ4v) is 2.95. The Hall–Kier alpha value is -2.22. The summed E-state index contributed by atoms with van der Waals surface area (Å²) < 4.78 is 44.2. The third kappa shape index (κ3) is 2.98. The zero-order valence-corrected chi connectivity index (χ0v) is 12.8. The molecule has 3 rings (SSSR count). The van der Waals surface area contributed by atoms with Gasteiger partial charge in [0.15, 0.2) is 5.52 Å². The summed E-state index contributed by atoms with van der Waals surface area (Å²) in [6.45, 7) is 1.99. The molecule has 0 saturated heterocycles. The number of rotatable bonds is 3. The predicted molar refractivity (Wildman–Crippen MR) is 78.2 cm³/mol. The number of aromatic nitrogens is 2. The summed E-state index contributed by atoms with van der Waals surface area (Å²) in [6, 6.07) is 8.16. The van der Waals surface area contributed by atoms with Gasteiger partial charge in [-0.1, -0.05) is 19.1 Å². The van der Waals surface area contributed by atoms with Crippen LogP contribution in [0, 0.1) is 0 Å². The fraction of sp³-hybridized carbons (Fsp3) is 0.200. The van der Waals surface area contributed by atoms with Crippen molar-refractivity contribution in [3.63, 3.8) is 0 Å². The van der Waals surface area contributed by atoms with Crippen molar-refractivity contribution >= 4 is 23.0 Å². The number of oxazole rings is 1. The van der Waals surface area contributed by atoms with Crippen LogP contribution in [0.3, 0.4) is 0 Å². The number of hydrogen-bond acceptors (Lipinski definition) is 4. The molecule has 0 atom stereocenters. The Labute approximate surface area is 133 Å². The highest BCUT2D eigenvalue weighted by atomic mass is 32.2. The lowest BCUT2D eigenvalue weighted by Crippen LogP contribution is -2.31. The van der Waals surface area contributed by atoms with Crippen molar-refractivity contribution in [3.8, 4) is 11.5 Å². The van der Waals surface area contributed by atoms with Crippen molar-refractivity contribution in [2.75, 3.05) is 5.75 Å². The molecule has 4 nitrogen and oxygen atoms in total. The maximum Gasteiger partial charge on any atom is 0.449 e. The van der Waals surface area contributed by atoms with Gasteiger partial charge < -0.3 is 4.42 Å². The molecule has 2 heterocycles. The molecule has 23 heavy (non-hydrogen) atoms. The van der Waals surface area contributed by atoms with Crippen LogP contribution in [0.25, 0.3) is 22.7 Å². The Balaban J connectivity index is 2.16. The summed E-state index contributed by atoms with van der Waals surface area (Å²) >= 11 is 1.57. The van der Waals surface area contributed by atoms with E-state index in [0.29, 0.717) is 16.5 Å². The molecule has 0 aliphatic heterocycles. The smallest absolute Gasteiger partial charge is 0.381 e. The number of alkyl halides is 3. The number of benzene rings is 1. The zero-order valence-electron chi connectivity index (χ0n) is 12.0. The zero-order chi connectivity index (χ0) is 16.6. The summed E-state index contributed by atoms with van der Waals surface area (Å²) in [5.41, 5.74) is -0.523. The third-order valence-electron chi connectivity index (χ3n) is 3.14. The predicted octanol–water partition coefficient (Wildman–Crippen LogP) is 4.15. The first-order valence-corrected chi connectivity index (χ1v) is 7.73. The van der Waals surface area contributed by atoms with Gasteiger partial charge in [0.1, 0.15) is 5.56 Å². The number of hydrogen-bond donors (Lipinski definition) is 1. The van der Waals surface area contributed by atoms with E-state index in [2.05, 4.69) is 4.98 Å². The lowest BCUT2D eigenvalue weighted by atomic mass is 10.2. The van der Waals surface area contributed by atoms with Gasteiger partial charge in [0, 0.05) is 9.63 Å². The topological polar surface area (TPSA) is 50.1 Å². The van der Waals surface area contributed by atoms with Crippen LogP contribution in [0.1, 0.15) is 12.5 Å². The molecule has 8 heteroatoms. The maximum atomic E-state index is 12.8. The number of pyridine rings is 1. The number of nitrogens with zero attached hydrogens (tertiary/aromatic N) is 2. The molecule has 2 aromatic heterocycles. The normalized spacial score (nSPS) is 12.0. The molecule has 1 N–H and O–H groups in total. The van der Waals surface area contributed by atoms with E-state index >= 15 is 0 Å². The van der Waals surface area contributed by atoms with E-state index in [-0.39, 0.29) is 17.1 Å². The fourth-order valence-electron chi connectivity index (χ4n) is 2.15. The SMILES string of the molecule is CCSc1ccccc1-c1nc2cc(C(F)(F)F)c[n+](O)c2o1. The molecule has 0 spiro atoms. The molecular formula is C15H12F3N2O2S+. The number of halogens is 3. The molecule has 0 unspecified atom stereocenters. The van der Waals surface area contributed by atoms with Gasteiger partial charge in [0.2, 0.25) is 12.1 Å². The summed E-state index contributed by atoms with van der Waals surface area (Å²) in [5, 5.41) is 9.73. The molecular weight excluding hydrogens is 329 g/mol. The van der Waals surface area contributed by atoms with Gasteiger partial charge in [0.05, 0.1) is 5.56 Å². The van der Waals surface area contributed by atoms with Crippen molar-refractivity contribution in [2.24, 2.45) is 0 Å². The maximum absolute atomic E-state index is 12.8. The van der Waals surface area contributed by atoms with Crippen molar-refractivity contribution in [1.29, 1.82) is 0 Å². The van der Waals surface area contributed by atoms with E-state index in [0.717, 1.165) is 16.7 Å². The van der Waals surface area contributed by atoms with E-state index in [1.807, 2.05) is 19.1 Å². The first-order chi connectivity index (χ1) is 10.9. The molecule has 0 amide bonds.